The van der Waals surface area contributed by atoms with E-state index in [1.807, 2.05) is 12.1 Å². The smallest absolute Gasteiger partial charge is 0.175 e. The lowest BCUT2D eigenvalue weighted by Gasteiger charge is -2.38. The summed E-state index contributed by atoms with van der Waals surface area (Å²) in [7, 11) is -3.11. The summed E-state index contributed by atoms with van der Waals surface area (Å²) in [5, 5.41) is 3.49. The van der Waals surface area contributed by atoms with Gasteiger partial charge in [-0.1, -0.05) is 0 Å². The summed E-state index contributed by atoms with van der Waals surface area (Å²) in [6.07, 6.45) is 3.90. The minimum absolute atomic E-state index is 0.393. The summed E-state index contributed by atoms with van der Waals surface area (Å²) in [6.45, 7) is 7.74. The van der Waals surface area contributed by atoms with Gasteiger partial charge < -0.3 is 10.2 Å². The Morgan fingerprint density at radius 2 is 1.83 bits per heavy atom. The van der Waals surface area contributed by atoms with E-state index in [0.29, 0.717) is 4.90 Å². The van der Waals surface area contributed by atoms with Crippen molar-refractivity contribution in [2.75, 3.05) is 57.0 Å². The first-order valence-electron chi connectivity index (χ1n) is 8.50. The van der Waals surface area contributed by atoms with Crippen molar-refractivity contribution < 1.29 is 8.42 Å². The van der Waals surface area contributed by atoms with Crippen LogP contribution in [0.3, 0.4) is 0 Å². The molecule has 3 rings (SSSR count). The van der Waals surface area contributed by atoms with Crippen molar-refractivity contribution in [1.82, 2.24) is 10.2 Å². The van der Waals surface area contributed by atoms with Crippen LogP contribution in [-0.2, 0) is 9.84 Å². The molecule has 1 unspecified atom stereocenters. The van der Waals surface area contributed by atoms with E-state index in [1.54, 1.807) is 12.1 Å². The molecule has 1 aromatic rings. The Hall–Kier alpha value is -1.11. The molecule has 1 aromatic carbocycles. The van der Waals surface area contributed by atoms with Gasteiger partial charge in [-0.25, -0.2) is 8.42 Å². The highest BCUT2D eigenvalue weighted by Crippen LogP contribution is 2.20. The number of piperazine rings is 1. The number of hydrogen-bond donors (Lipinski definition) is 1. The van der Waals surface area contributed by atoms with Crippen LogP contribution >= 0.6 is 0 Å². The standard InChI is InChI=1S/C17H27N3O2S/c1-23(21,22)17-6-4-16(5-7-17)20-11-9-19(10-12-20)14-15-3-2-8-18-13-15/h4-7,15,18H,2-3,8-14H2,1H3. The molecule has 1 N–H and O–H groups in total. The summed E-state index contributed by atoms with van der Waals surface area (Å²) in [5.41, 5.74) is 1.12. The van der Waals surface area contributed by atoms with Crippen molar-refractivity contribution in [2.24, 2.45) is 5.92 Å². The topological polar surface area (TPSA) is 52.7 Å². The van der Waals surface area contributed by atoms with E-state index in [4.69, 9.17) is 0 Å². The van der Waals surface area contributed by atoms with Crippen LogP contribution < -0.4 is 10.2 Å². The van der Waals surface area contributed by atoms with Crippen molar-refractivity contribution in [3.63, 3.8) is 0 Å². The largest absolute Gasteiger partial charge is 0.369 e. The van der Waals surface area contributed by atoms with Crippen LogP contribution in [0.15, 0.2) is 29.2 Å². The number of sulfone groups is 1. The Morgan fingerprint density at radius 3 is 2.39 bits per heavy atom. The van der Waals surface area contributed by atoms with Crippen molar-refractivity contribution >= 4 is 15.5 Å². The van der Waals surface area contributed by atoms with Gasteiger partial charge in [0.1, 0.15) is 0 Å². The molecular weight excluding hydrogens is 310 g/mol. The molecule has 23 heavy (non-hydrogen) atoms. The molecule has 2 aliphatic heterocycles. The zero-order valence-corrected chi connectivity index (χ0v) is 14.7. The van der Waals surface area contributed by atoms with Gasteiger partial charge in [-0.05, 0) is 56.1 Å². The maximum Gasteiger partial charge on any atom is 0.175 e. The zero-order chi connectivity index (χ0) is 16.3. The van der Waals surface area contributed by atoms with E-state index in [9.17, 15) is 8.42 Å². The molecule has 2 heterocycles. The molecule has 0 saturated carbocycles. The second-order valence-electron chi connectivity index (χ2n) is 6.77. The Bertz CT molecular complexity index is 601. The fraction of sp³-hybridized carbons (Fsp3) is 0.647. The van der Waals surface area contributed by atoms with Gasteiger partial charge in [-0.15, -0.1) is 0 Å². The molecule has 0 bridgehead atoms. The van der Waals surface area contributed by atoms with Gasteiger partial charge in [0.25, 0.3) is 0 Å². The molecule has 2 aliphatic rings. The number of nitrogens with zero attached hydrogens (tertiary/aromatic N) is 2. The Morgan fingerprint density at radius 1 is 1.13 bits per heavy atom. The summed E-state index contributed by atoms with van der Waals surface area (Å²) < 4.78 is 23.1. The Kier molecular flexibility index (Phi) is 5.24. The predicted molar refractivity (Wildman–Crippen MR) is 93.8 cm³/mol. The first-order valence-corrected chi connectivity index (χ1v) is 10.4. The minimum Gasteiger partial charge on any atom is -0.369 e. The average Bonchev–Trinajstić information content (AvgIpc) is 2.56. The first kappa shape index (κ1) is 16.7. The summed E-state index contributed by atoms with van der Waals surface area (Å²) in [6, 6.07) is 7.28. The molecule has 0 aromatic heterocycles. The number of hydrogen-bond acceptors (Lipinski definition) is 5. The third kappa shape index (κ3) is 4.46. The van der Waals surface area contributed by atoms with Crippen molar-refractivity contribution in [3.8, 4) is 0 Å². The molecule has 0 amide bonds. The molecule has 0 spiro atoms. The van der Waals surface area contributed by atoms with Crippen molar-refractivity contribution in [3.05, 3.63) is 24.3 Å². The molecule has 6 heteroatoms. The van der Waals surface area contributed by atoms with Gasteiger partial charge in [0.15, 0.2) is 9.84 Å². The number of anilines is 1. The van der Waals surface area contributed by atoms with E-state index >= 15 is 0 Å². The van der Waals surface area contributed by atoms with Crippen LogP contribution in [0.4, 0.5) is 5.69 Å². The third-order valence-electron chi connectivity index (χ3n) is 4.92. The van der Waals surface area contributed by atoms with E-state index in [1.165, 1.54) is 32.2 Å². The zero-order valence-electron chi connectivity index (χ0n) is 13.9. The monoisotopic (exact) mass is 337 g/mol. The lowest BCUT2D eigenvalue weighted by Crippen LogP contribution is -2.49. The number of piperidine rings is 1. The highest BCUT2D eigenvalue weighted by atomic mass is 32.2. The third-order valence-corrected chi connectivity index (χ3v) is 6.05. The molecule has 2 saturated heterocycles. The average molecular weight is 337 g/mol. The van der Waals surface area contributed by atoms with Gasteiger partial charge in [0.2, 0.25) is 0 Å². The second-order valence-corrected chi connectivity index (χ2v) is 8.78. The van der Waals surface area contributed by atoms with E-state index < -0.39 is 9.84 Å². The van der Waals surface area contributed by atoms with Crippen molar-refractivity contribution in [1.29, 1.82) is 0 Å². The molecule has 2 fully saturated rings. The van der Waals surface area contributed by atoms with Crippen molar-refractivity contribution in [2.45, 2.75) is 17.7 Å². The van der Waals surface area contributed by atoms with Crippen LogP contribution in [0.5, 0.6) is 0 Å². The van der Waals surface area contributed by atoms with Crippen LogP contribution in [0.25, 0.3) is 0 Å². The molecule has 1 atom stereocenters. The number of benzene rings is 1. The van der Waals surface area contributed by atoms with E-state index in [-0.39, 0.29) is 0 Å². The lowest BCUT2D eigenvalue weighted by atomic mass is 9.99. The Balaban J connectivity index is 1.52. The summed E-state index contributed by atoms with van der Waals surface area (Å²) in [4.78, 5) is 5.31. The maximum absolute atomic E-state index is 11.5. The molecule has 0 aliphatic carbocycles. The van der Waals surface area contributed by atoms with Crippen LogP contribution in [-0.4, -0.2) is 65.4 Å². The van der Waals surface area contributed by atoms with Gasteiger partial charge in [-0.2, -0.15) is 0 Å². The fourth-order valence-corrected chi connectivity index (χ4v) is 4.17. The first-order chi connectivity index (χ1) is 11.0. The molecule has 128 valence electrons. The quantitative estimate of drug-likeness (QED) is 0.895. The number of nitrogens with one attached hydrogen (secondary N) is 1. The lowest BCUT2D eigenvalue weighted by molar-refractivity contribution is 0.199. The van der Waals surface area contributed by atoms with Gasteiger partial charge in [-0.3, -0.25) is 4.90 Å². The van der Waals surface area contributed by atoms with E-state index in [2.05, 4.69) is 15.1 Å². The highest BCUT2D eigenvalue weighted by molar-refractivity contribution is 7.90. The molecule has 0 radical (unpaired) electrons. The van der Waals surface area contributed by atoms with Crippen LogP contribution in [0.2, 0.25) is 0 Å². The molecular formula is C17H27N3O2S. The van der Waals surface area contributed by atoms with Crippen LogP contribution in [0, 0.1) is 5.92 Å². The highest BCUT2D eigenvalue weighted by Gasteiger charge is 2.21. The number of rotatable bonds is 4. The summed E-state index contributed by atoms with van der Waals surface area (Å²) >= 11 is 0. The Labute approximate surface area is 139 Å². The van der Waals surface area contributed by atoms with E-state index in [0.717, 1.165) is 44.3 Å². The normalized spacial score (nSPS) is 23.9. The van der Waals surface area contributed by atoms with Gasteiger partial charge >= 0.3 is 0 Å². The van der Waals surface area contributed by atoms with Gasteiger partial charge in [0.05, 0.1) is 4.90 Å². The minimum atomic E-state index is -3.11. The van der Waals surface area contributed by atoms with Crippen LogP contribution in [0.1, 0.15) is 12.8 Å². The second kappa shape index (κ2) is 7.20. The SMILES string of the molecule is CS(=O)(=O)c1ccc(N2CCN(CC3CCCNC3)CC2)cc1. The molecule has 5 nitrogen and oxygen atoms in total. The maximum atomic E-state index is 11.5. The predicted octanol–water partition coefficient (Wildman–Crippen LogP) is 1.21. The summed E-state index contributed by atoms with van der Waals surface area (Å²) in [5.74, 6) is 0.796. The van der Waals surface area contributed by atoms with Gasteiger partial charge in [0, 0.05) is 44.7 Å². The fourth-order valence-electron chi connectivity index (χ4n) is 3.54.